The molecule has 8 heteroatoms. The van der Waals surface area contributed by atoms with Crippen molar-refractivity contribution in [3.05, 3.63) is 41.8 Å². The van der Waals surface area contributed by atoms with Crippen LogP contribution in [0, 0.1) is 11.7 Å². The van der Waals surface area contributed by atoms with Crippen molar-refractivity contribution < 1.29 is 23.2 Å². The number of halogens is 1. The van der Waals surface area contributed by atoms with Gasteiger partial charge in [0.1, 0.15) is 0 Å². The van der Waals surface area contributed by atoms with E-state index in [1.165, 1.54) is 17.0 Å². The van der Waals surface area contributed by atoms with Crippen LogP contribution in [0.25, 0.3) is 0 Å². The van der Waals surface area contributed by atoms with Gasteiger partial charge in [0, 0.05) is 24.6 Å². The van der Waals surface area contributed by atoms with Crippen molar-refractivity contribution in [3.63, 3.8) is 0 Å². The van der Waals surface area contributed by atoms with E-state index < -0.39 is 5.82 Å². The largest absolute Gasteiger partial charge is 0.481 e. The summed E-state index contributed by atoms with van der Waals surface area (Å²) in [5, 5.41) is 6.62. The molecule has 0 bridgehead atoms. The minimum absolute atomic E-state index is 0.0284. The van der Waals surface area contributed by atoms with E-state index in [2.05, 4.69) is 10.5 Å². The fourth-order valence-electron chi connectivity index (χ4n) is 2.55. The number of nitrogens with one attached hydrogen (secondary N) is 1. The molecule has 1 aromatic carbocycles. The van der Waals surface area contributed by atoms with Crippen molar-refractivity contribution in [1.29, 1.82) is 0 Å². The average molecular weight is 375 g/mol. The fraction of sp³-hybridized carbons (Fsp3) is 0.421. The number of likely N-dealkylation sites (tertiary alicyclic amines) is 1. The summed E-state index contributed by atoms with van der Waals surface area (Å²) in [7, 11) is 0. The summed E-state index contributed by atoms with van der Waals surface area (Å²) in [4.78, 5) is 25.8. The number of carbonyl (C=O) groups excluding carboxylic acids is 2. The lowest BCUT2D eigenvalue weighted by Gasteiger charge is -2.37. The molecule has 1 saturated heterocycles. The molecule has 7 nitrogen and oxygen atoms in total. The third-order valence-electron chi connectivity index (χ3n) is 4.32. The summed E-state index contributed by atoms with van der Waals surface area (Å²) in [5.74, 6) is -1.06. The molecule has 144 valence electrons. The van der Waals surface area contributed by atoms with E-state index in [9.17, 15) is 14.0 Å². The number of hydrogen-bond acceptors (Lipinski definition) is 5. The first kappa shape index (κ1) is 18.9. The molecule has 2 heterocycles. The van der Waals surface area contributed by atoms with Crippen LogP contribution >= 0.6 is 0 Å². The average Bonchev–Trinajstić information content (AvgIpc) is 3.01. The second-order valence-electron chi connectivity index (χ2n) is 7.53. The van der Waals surface area contributed by atoms with E-state index in [1.54, 1.807) is 18.2 Å². The number of anilines is 1. The van der Waals surface area contributed by atoms with Gasteiger partial charge in [0.2, 0.25) is 11.8 Å². The zero-order valence-electron chi connectivity index (χ0n) is 15.5. The summed E-state index contributed by atoms with van der Waals surface area (Å²) in [6.07, 6.45) is 0. The van der Waals surface area contributed by atoms with Gasteiger partial charge in [-0.05, 0) is 12.1 Å². The number of hydrogen-bond donors (Lipinski definition) is 1. The zero-order chi connectivity index (χ0) is 19.6. The second kappa shape index (κ2) is 7.38. The van der Waals surface area contributed by atoms with Crippen LogP contribution in [-0.4, -0.2) is 41.6 Å². The lowest BCUT2D eigenvalue weighted by atomic mass is 9.92. The van der Waals surface area contributed by atoms with E-state index in [-0.39, 0.29) is 54.5 Å². The number of para-hydroxylation sites is 1. The van der Waals surface area contributed by atoms with Crippen LogP contribution in [-0.2, 0) is 15.0 Å². The predicted molar refractivity (Wildman–Crippen MR) is 95.8 cm³/mol. The molecule has 0 aliphatic carbocycles. The second-order valence-corrected chi connectivity index (χ2v) is 7.53. The monoisotopic (exact) mass is 375 g/mol. The first-order valence-electron chi connectivity index (χ1n) is 8.67. The Kier molecular flexibility index (Phi) is 5.16. The van der Waals surface area contributed by atoms with Gasteiger partial charge in [-0.3, -0.25) is 14.9 Å². The van der Waals surface area contributed by atoms with Crippen LogP contribution in [0.15, 0.2) is 34.9 Å². The van der Waals surface area contributed by atoms with Crippen molar-refractivity contribution in [3.8, 4) is 5.75 Å². The maximum Gasteiger partial charge on any atom is 0.260 e. The highest BCUT2D eigenvalue weighted by Crippen LogP contribution is 2.25. The molecule has 2 amide bonds. The standard InChI is InChI=1S/C19H22FN3O4/c1-19(2,3)15-8-16(27-22-15)21-18(25)12-9-23(10-12)17(24)11-26-14-7-5-4-6-13(14)20/h4-8,12H,9-11H2,1-3H3,(H,21,25). The summed E-state index contributed by atoms with van der Waals surface area (Å²) in [6.45, 7) is 6.28. The fourth-order valence-corrected chi connectivity index (χ4v) is 2.55. The zero-order valence-corrected chi connectivity index (χ0v) is 15.5. The van der Waals surface area contributed by atoms with Gasteiger partial charge in [-0.25, -0.2) is 4.39 Å². The van der Waals surface area contributed by atoms with E-state index in [0.717, 1.165) is 5.69 Å². The molecule has 1 fully saturated rings. The SMILES string of the molecule is CC(C)(C)c1cc(NC(=O)C2CN(C(=O)COc3ccccc3F)C2)on1. The molecule has 0 atom stereocenters. The van der Waals surface area contributed by atoms with Gasteiger partial charge in [-0.1, -0.05) is 38.1 Å². The minimum Gasteiger partial charge on any atom is -0.481 e. The summed E-state index contributed by atoms with van der Waals surface area (Å²) >= 11 is 0. The molecule has 0 unspecified atom stereocenters. The molecule has 0 radical (unpaired) electrons. The maximum absolute atomic E-state index is 13.5. The number of nitrogens with zero attached hydrogens (tertiary/aromatic N) is 2. The van der Waals surface area contributed by atoms with Gasteiger partial charge in [0.25, 0.3) is 5.91 Å². The normalized spacial score (nSPS) is 14.6. The first-order chi connectivity index (χ1) is 12.7. The number of aromatic nitrogens is 1. The molecule has 1 aliphatic heterocycles. The van der Waals surface area contributed by atoms with Gasteiger partial charge in [0.15, 0.2) is 18.2 Å². The maximum atomic E-state index is 13.5. The predicted octanol–water partition coefficient (Wildman–Crippen LogP) is 2.59. The molecular weight excluding hydrogens is 353 g/mol. The number of rotatable bonds is 5. The van der Waals surface area contributed by atoms with Crippen molar-refractivity contribution >= 4 is 17.7 Å². The van der Waals surface area contributed by atoms with Crippen LogP contribution in [0.4, 0.5) is 10.3 Å². The number of benzene rings is 1. The summed E-state index contributed by atoms with van der Waals surface area (Å²) in [6, 6.07) is 7.58. The van der Waals surface area contributed by atoms with Crippen molar-refractivity contribution in [2.45, 2.75) is 26.2 Å². The Bertz CT molecular complexity index is 837. The van der Waals surface area contributed by atoms with E-state index in [0.29, 0.717) is 0 Å². The molecule has 0 spiro atoms. The molecule has 1 aromatic heterocycles. The Morgan fingerprint density at radius 3 is 2.67 bits per heavy atom. The molecule has 1 N–H and O–H groups in total. The van der Waals surface area contributed by atoms with Crippen LogP contribution in [0.3, 0.4) is 0 Å². The summed E-state index contributed by atoms with van der Waals surface area (Å²) in [5.41, 5.74) is 0.568. The van der Waals surface area contributed by atoms with Crippen LogP contribution in [0.1, 0.15) is 26.5 Å². The first-order valence-corrected chi connectivity index (χ1v) is 8.67. The number of amides is 2. The van der Waals surface area contributed by atoms with Gasteiger partial charge < -0.3 is 14.2 Å². The van der Waals surface area contributed by atoms with Crippen molar-refractivity contribution in [1.82, 2.24) is 10.1 Å². The minimum atomic E-state index is -0.521. The third-order valence-corrected chi connectivity index (χ3v) is 4.32. The van der Waals surface area contributed by atoms with Crippen molar-refractivity contribution in [2.75, 3.05) is 25.0 Å². The highest BCUT2D eigenvalue weighted by Gasteiger charge is 2.36. The molecule has 1 aliphatic rings. The Hall–Kier alpha value is -2.90. The molecule has 3 rings (SSSR count). The highest BCUT2D eigenvalue weighted by atomic mass is 19.1. The summed E-state index contributed by atoms with van der Waals surface area (Å²) < 4.78 is 23.8. The molecule has 27 heavy (non-hydrogen) atoms. The van der Waals surface area contributed by atoms with E-state index in [1.807, 2.05) is 20.8 Å². The van der Waals surface area contributed by atoms with Crippen LogP contribution < -0.4 is 10.1 Å². The Morgan fingerprint density at radius 1 is 1.33 bits per heavy atom. The van der Waals surface area contributed by atoms with Crippen molar-refractivity contribution in [2.24, 2.45) is 5.92 Å². The smallest absolute Gasteiger partial charge is 0.260 e. The van der Waals surface area contributed by atoms with Gasteiger partial charge in [0.05, 0.1) is 11.6 Å². The highest BCUT2D eigenvalue weighted by molar-refractivity contribution is 5.93. The van der Waals surface area contributed by atoms with Gasteiger partial charge in [-0.2, -0.15) is 0 Å². The molecule has 0 saturated carbocycles. The Morgan fingerprint density at radius 2 is 2.04 bits per heavy atom. The third kappa shape index (κ3) is 4.45. The Labute approximate surface area is 156 Å². The molecule has 2 aromatic rings. The molecular formula is C19H22FN3O4. The van der Waals surface area contributed by atoms with E-state index in [4.69, 9.17) is 9.26 Å². The number of carbonyl (C=O) groups is 2. The van der Waals surface area contributed by atoms with Crippen LogP contribution in [0.5, 0.6) is 5.75 Å². The van der Waals surface area contributed by atoms with Gasteiger partial charge >= 0.3 is 0 Å². The Balaban J connectivity index is 1.44. The van der Waals surface area contributed by atoms with E-state index >= 15 is 0 Å². The quantitative estimate of drug-likeness (QED) is 0.868. The lowest BCUT2D eigenvalue weighted by molar-refractivity contribution is -0.143. The van der Waals surface area contributed by atoms with Gasteiger partial charge in [-0.15, -0.1) is 0 Å². The number of ether oxygens (including phenoxy) is 1. The lowest BCUT2D eigenvalue weighted by Crippen LogP contribution is -2.55. The van der Waals surface area contributed by atoms with Crippen LogP contribution in [0.2, 0.25) is 0 Å². The topological polar surface area (TPSA) is 84.7 Å².